The zero-order valence-corrected chi connectivity index (χ0v) is 14.4. The van der Waals surface area contributed by atoms with Gasteiger partial charge in [-0.2, -0.15) is 0 Å². The predicted octanol–water partition coefficient (Wildman–Crippen LogP) is 3.81. The van der Waals surface area contributed by atoms with Crippen molar-refractivity contribution in [3.05, 3.63) is 65.1 Å². The lowest BCUT2D eigenvalue weighted by molar-refractivity contribution is 0.102. The maximum Gasteiger partial charge on any atom is 0.262 e. The Morgan fingerprint density at radius 2 is 1.79 bits per heavy atom. The first kappa shape index (κ1) is 16.4. The molecule has 3 aromatic rings. The van der Waals surface area contributed by atoms with Crippen LogP contribution in [0.3, 0.4) is 0 Å². The van der Waals surface area contributed by atoms with E-state index in [0.717, 1.165) is 5.56 Å². The SMILES string of the molecule is CC(=O)c1sccc1NS(=O)(=O)c1ccccc1-c1ccncc1. The lowest BCUT2D eigenvalue weighted by Gasteiger charge is -2.12. The van der Waals surface area contributed by atoms with E-state index in [1.807, 2.05) is 0 Å². The Morgan fingerprint density at radius 1 is 1.08 bits per heavy atom. The third-order valence-corrected chi connectivity index (χ3v) is 5.84. The molecule has 0 saturated heterocycles. The average molecular weight is 358 g/mol. The molecule has 3 rings (SSSR count). The number of ketones is 1. The minimum Gasteiger partial charge on any atom is -0.294 e. The molecule has 0 aliphatic heterocycles. The molecule has 1 aromatic carbocycles. The van der Waals surface area contributed by atoms with Gasteiger partial charge in [0.15, 0.2) is 5.78 Å². The highest BCUT2D eigenvalue weighted by Gasteiger charge is 2.21. The van der Waals surface area contributed by atoms with Crippen LogP contribution in [0.2, 0.25) is 0 Å². The molecule has 2 heterocycles. The van der Waals surface area contributed by atoms with E-state index in [9.17, 15) is 13.2 Å². The molecule has 0 spiro atoms. The summed E-state index contributed by atoms with van der Waals surface area (Å²) in [4.78, 5) is 16.1. The molecule has 0 amide bonds. The fourth-order valence-corrected chi connectivity index (χ4v) is 4.45. The molecule has 7 heteroatoms. The van der Waals surface area contributed by atoms with E-state index in [-0.39, 0.29) is 10.7 Å². The van der Waals surface area contributed by atoms with E-state index in [2.05, 4.69) is 9.71 Å². The maximum absolute atomic E-state index is 12.8. The van der Waals surface area contributed by atoms with Crippen LogP contribution in [0.4, 0.5) is 5.69 Å². The van der Waals surface area contributed by atoms with Gasteiger partial charge in [-0.25, -0.2) is 8.42 Å². The van der Waals surface area contributed by atoms with E-state index in [1.54, 1.807) is 54.2 Å². The molecule has 0 saturated carbocycles. The molecule has 1 N–H and O–H groups in total. The van der Waals surface area contributed by atoms with E-state index in [4.69, 9.17) is 0 Å². The third kappa shape index (κ3) is 3.22. The zero-order chi connectivity index (χ0) is 17.2. The Kier molecular flexibility index (Phi) is 4.46. The van der Waals surface area contributed by atoms with Gasteiger partial charge in [0.05, 0.1) is 15.5 Å². The summed E-state index contributed by atoms with van der Waals surface area (Å²) in [5.74, 6) is -0.176. The number of carbonyl (C=O) groups excluding carboxylic acids is 1. The summed E-state index contributed by atoms with van der Waals surface area (Å²) in [5.41, 5.74) is 1.63. The first-order valence-corrected chi connectivity index (χ1v) is 9.46. The van der Waals surface area contributed by atoms with Crippen LogP contribution in [0.5, 0.6) is 0 Å². The van der Waals surface area contributed by atoms with Crippen molar-refractivity contribution in [2.75, 3.05) is 4.72 Å². The highest BCUT2D eigenvalue weighted by Crippen LogP contribution is 2.30. The van der Waals surface area contributed by atoms with Crippen LogP contribution in [-0.4, -0.2) is 19.2 Å². The summed E-state index contributed by atoms with van der Waals surface area (Å²) in [6.45, 7) is 1.41. The van der Waals surface area contributed by atoms with E-state index < -0.39 is 10.0 Å². The smallest absolute Gasteiger partial charge is 0.262 e. The van der Waals surface area contributed by atoms with Crippen molar-refractivity contribution < 1.29 is 13.2 Å². The van der Waals surface area contributed by atoms with Crippen molar-refractivity contribution in [3.8, 4) is 11.1 Å². The van der Waals surface area contributed by atoms with Gasteiger partial charge in [0, 0.05) is 24.9 Å². The number of rotatable bonds is 5. The zero-order valence-electron chi connectivity index (χ0n) is 12.8. The molecular formula is C17H14N2O3S2. The minimum absolute atomic E-state index is 0.150. The van der Waals surface area contributed by atoms with Gasteiger partial charge in [0.25, 0.3) is 10.0 Å². The number of benzene rings is 1. The number of carbonyl (C=O) groups is 1. The molecule has 0 bridgehead atoms. The number of sulfonamides is 1. The van der Waals surface area contributed by atoms with Crippen LogP contribution in [0.15, 0.2) is 65.1 Å². The van der Waals surface area contributed by atoms with Gasteiger partial charge in [-0.1, -0.05) is 18.2 Å². The maximum atomic E-state index is 12.8. The molecular weight excluding hydrogens is 344 g/mol. The number of nitrogens with one attached hydrogen (secondary N) is 1. The van der Waals surface area contributed by atoms with Gasteiger partial charge in [-0.15, -0.1) is 11.3 Å². The number of aromatic nitrogens is 1. The second kappa shape index (κ2) is 6.54. The fourth-order valence-electron chi connectivity index (χ4n) is 2.33. The number of hydrogen-bond acceptors (Lipinski definition) is 5. The van der Waals surface area contributed by atoms with Crippen molar-refractivity contribution in [1.29, 1.82) is 0 Å². The van der Waals surface area contributed by atoms with Gasteiger partial charge >= 0.3 is 0 Å². The van der Waals surface area contributed by atoms with Gasteiger partial charge in [0.2, 0.25) is 0 Å². The van der Waals surface area contributed by atoms with Crippen molar-refractivity contribution in [2.45, 2.75) is 11.8 Å². The van der Waals surface area contributed by atoms with Crippen LogP contribution < -0.4 is 4.72 Å². The summed E-state index contributed by atoms with van der Waals surface area (Å²) in [5, 5.41) is 1.68. The first-order valence-electron chi connectivity index (χ1n) is 7.10. The van der Waals surface area contributed by atoms with E-state index >= 15 is 0 Å². The molecule has 0 atom stereocenters. The lowest BCUT2D eigenvalue weighted by Crippen LogP contribution is -2.15. The standard InChI is InChI=1S/C17H14N2O3S2/c1-12(20)17-15(8-11-23-17)19-24(21,22)16-5-3-2-4-14(16)13-6-9-18-10-7-13/h2-11,19H,1H3. The minimum atomic E-state index is -3.83. The highest BCUT2D eigenvalue weighted by atomic mass is 32.2. The van der Waals surface area contributed by atoms with Crippen LogP contribution in [0.1, 0.15) is 16.6 Å². The summed E-state index contributed by atoms with van der Waals surface area (Å²) >= 11 is 1.21. The topological polar surface area (TPSA) is 76.1 Å². The molecule has 122 valence electrons. The van der Waals surface area contributed by atoms with Crippen molar-refractivity contribution >= 4 is 32.8 Å². The normalized spacial score (nSPS) is 11.2. The monoisotopic (exact) mass is 358 g/mol. The second-order valence-electron chi connectivity index (χ2n) is 5.06. The number of thiophene rings is 1. The van der Waals surface area contributed by atoms with Crippen LogP contribution >= 0.6 is 11.3 Å². The molecule has 0 fully saturated rings. The summed E-state index contributed by atoms with van der Waals surface area (Å²) in [6.07, 6.45) is 3.22. The number of anilines is 1. The Morgan fingerprint density at radius 3 is 2.50 bits per heavy atom. The fraction of sp³-hybridized carbons (Fsp3) is 0.0588. The molecule has 0 unspecified atom stereocenters. The first-order chi connectivity index (χ1) is 11.5. The Hall–Kier alpha value is -2.51. The van der Waals surface area contributed by atoms with Gasteiger partial charge in [-0.3, -0.25) is 14.5 Å². The number of hydrogen-bond donors (Lipinski definition) is 1. The van der Waals surface area contributed by atoms with Crippen molar-refractivity contribution in [3.63, 3.8) is 0 Å². The summed E-state index contributed by atoms with van der Waals surface area (Å²) < 4.78 is 28.2. The third-order valence-electron chi connectivity index (χ3n) is 3.40. The molecule has 5 nitrogen and oxygen atoms in total. The predicted molar refractivity (Wildman–Crippen MR) is 94.8 cm³/mol. The molecule has 2 aromatic heterocycles. The molecule has 24 heavy (non-hydrogen) atoms. The molecule has 0 aliphatic carbocycles. The number of pyridine rings is 1. The van der Waals surface area contributed by atoms with Crippen molar-refractivity contribution in [1.82, 2.24) is 4.98 Å². The Bertz CT molecular complexity index is 980. The van der Waals surface area contributed by atoms with Crippen LogP contribution in [-0.2, 0) is 10.0 Å². The van der Waals surface area contributed by atoms with Crippen LogP contribution in [0.25, 0.3) is 11.1 Å². The van der Waals surface area contributed by atoms with Gasteiger partial charge in [0.1, 0.15) is 0 Å². The van der Waals surface area contributed by atoms with E-state index in [0.29, 0.717) is 16.1 Å². The van der Waals surface area contributed by atoms with Crippen LogP contribution in [0, 0.1) is 0 Å². The Balaban J connectivity index is 2.05. The second-order valence-corrected chi connectivity index (χ2v) is 7.62. The largest absolute Gasteiger partial charge is 0.294 e. The lowest BCUT2D eigenvalue weighted by atomic mass is 10.1. The molecule has 0 aliphatic rings. The van der Waals surface area contributed by atoms with Gasteiger partial charge in [-0.05, 0) is 35.2 Å². The molecule has 0 radical (unpaired) electrons. The highest BCUT2D eigenvalue weighted by molar-refractivity contribution is 7.92. The number of nitrogens with zero attached hydrogens (tertiary/aromatic N) is 1. The van der Waals surface area contributed by atoms with Crippen molar-refractivity contribution in [2.24, 2.45) is 0 Å². The summed E-state index contributed by atoms with van der Waals surface area (Å²) in [7, 11) is -3.83. The number of Topliss-reactive ketones (excluding diaryl/α,β-unsaturated/α-hetero) is 1. The Labute approximate surface area is 144 Å². The van der Waals surface area contributed by atoms with E-state index in [1.165, 1.54) is 24.3 Å². The average Bonchev–Trinajstić information content (AvgIpc) is 3.03. The summed E-state index contributed by atoms with van der Waals surface area (Å²) in [6, 6.07) is 11.8. The van der Waals surface area contributed by atoms with Gasteiger partial charge < -0.3 is 0 Å². The quantitative estimate of drug-likeness (QED) is 0.704.